The van der Waals surface area contributed by atoms with Gasteiger partial charge in [0, 0.05) is 22.4 Å². The van der Waals surface area contributed by atoms with Gasteiger partial charge in [-0.25, -0.2) is 0 Å². The molecular formula is C11H12BrN. The quantitative estimate of drug-likeness (QED) is 0.771. The number of hydrogen-bond donors (Lipinski definition) is 1. The van der Waals surface area contributed by atoms with Crippen LogP contribution in [0.3, 0.4) is 0 Å². The Morgan fingerprint density at radius 3 is 3.00 bits per heavy atom. The predicted molar refractivity (Wildman–Crippen MR) is 60.5 cm³/mol. The number of aromatic amines is 1. The lowest BCUT2D eigenvalue weighted by Crippen LogP contribution is -1.82. The SMILES string of the molecule is Cc1ccc2[nH]cc(CCBr)c2c1. The van der Waals surface area contributed by atoms with Gasteiger partial charge in [0.1, 0.15) is 0 Å². The molecule has 1 aromatic heterocycles. The fourth-order valence-corrected chi connectivity index (χ4v) is 2.03. The number of halogens is 1. The fraction of sp³-hybridized carbons (Fsp3) is 0.273. The van der Waals surface area contributed by atoms with Gasteiger partial charge in [0.25, 0.3) is 0 Å². The summed E-state index contributed by atoms with van der Waals surface area (Å²) >= 11 is 3.46. The number of nitrogens with one attached hydrogen (secondary N) is 1. The molecule has 0 fully saturated rings. The molecule has 0 aliphatic carbocycles. The molecule has 1 nitrogen and oxygen atoms in total. The van der Waals surface area contributed by atoms with E-state index in [2.05, 4.69) is 52.2 Å². The van der Waals surface area contributed by atoms with Crippen molar-refractivity contribution in [2.75, 3.05) is 5.33 Å². The number of rotatable bonds is 2. The molecule has 0 amide bonds. The first-order chi connectivity index (χ1) is 6.31. The van der Waals surface area contributed by atoms with Crippen LogP contribution in [0.15, 0.2) is 24.4 Å². The summed E-state index contributed by atoms with van der Waals surface area (Å²) in [6.07, 6.45) is 3.19. The lowest BCUT2D eigenvalue weighted by Gasteiger charge is -1.96. The highest BCUT2D eigenvalue weighted by Gasteiger charge is 2.01. The first-order valence-electron chi connectivity index (χ1n) is 4.44. The van der Waals surface area contributed by atoms with E-state index in [1.807, 2.05) is 0 Å². The van der Waals surface area contributed by atoms with Crippen molar-refractivity contribution in [3.63, 3.8) is 0 Å². The molecule has 0 aliphatic rings. The van der Waals surface area contributed by atoms with Crippen molar-refractivity contribution in [3.8, 4) is 0 Å². The maximum atomic E-state index is 3.46. The summed E-state index contributed by atoms with van der Waals surface area (Å²) in [7, 11) is 0. The summed E-state index contributed by atoms with van der Waals surface area (Å²) in [6, 6.07) is 6.52. The second-order valence-electron chi connectivity index (χ2n) is 3.30. The molecule has 2 aromatic rings. The molecule has 13 heavy (non-hydrogen) atoms. The zero-order valence-electron chi connectivity index (χ0n) is 7.60. The van der Waals surface area contributed by atoms with E-state index in [4.69, 9.17) is 0 Å². The van der Waals surface area contributed by atoms with Crippen LogP contribution in [0.4, 0.5) is 0 Å². The Hall–Kier alpha value is -0.760. The maximum Gasteiger partial charge on any atom is 0.0456 e. The molecule has 0 saturated carbocycles. The molecular weight excluding hydrogens is 226 g/mol. The molecule has 1 aromatic carbocycles. The second kappa shape index (κ2) is 3.54. The summed E-state index contributed by atoms with van der Waals surface area (Å²) in [5.41, 5.74) is 3.96. The predicted octanol–water partition coefficient (Wildman–Crippen LogP) is 3.41. The van der Waals surface area contributed by atoms with Gasteiger partial charge in [0.2, 0.25) is 0 Å². The molecule has 0 unspecified atom stereocenters. The van der Waals surface area contributed by atoms with E-state index >= 15 is 0 Å². The van der Waals surface area contributed by atoms with Gasteiger partial charge in [-0.3, -0.25) is 0 Å². The van der Waals surface area contributed by atoms with Crippen molar-refractivity contribution in [2.24, 2.45) is 0 Å². The number of alkyl halides is 1. The van der Waals surface area contributed by atoms with E-state index < -0.39 is 0 Å². The molecule has 1 heterocycles. The van der Waals surface area contributed by atoms with Gasteiger partial charge >= 0.3 is 0 Å². The molecule has 0 bridgehead atoms. The van der Waals surface area contributed by atoms with Crippen molar-refractivity contribution >= 4 is 26.8 Å². The standard InChI is InChI=1S/C11H12BrN/c1-8-2-3-11-10(6-8)9(4-5-12)7-13-11/h2-3,6-7,13H,4-5H2,1H3. The van der Waals surface area contributed by atoms with Gasteiger partial charge < -0.3 is 4.98 Å². The normalized spacial score (nSPS) is 10.9. The molecule has 0 atom stereocenters. The van der Waals surface area contributed by atoms with E-state index in [0.29, 0.717) is 0 Å². The smallest absolute Gasteiger partial charge is 0.0456 e. The van der Waals surface area contributed by atoms with Crippen LogP contribution in [-0.4, -0.2) is 10.3 Å². The van der Waals surface area contributed by atoms with Crippen molar-refractivity contribution in [2.45, 2.75) is 13.3 Å². The minimum absolute atomic E-state index is 1.02. The van der Waals surface area contributed by atoms with E-state index in [-0.39, 0.29) is 0 Å². The Bertz CT molecular complexity index is 417. The van der Waals surface area contributed by atoms with Crippen LogP contribution in [0, 0.1) is 6.92 Å². The highest BCUT2D eigenvalue weighted by molar-refractivity contribution is 9.09. The number of H-pyrrole nitrogens is 1. The zero-order chi connectivity index (χ0) is 9.26. The van der Waals surface area contributed by atoms with Crippen LogP contribution >= 0.6 is 15.9 Å². The van der Waals surface area contributed by atoms with Crippen LogP contribution < -0.4 is 0 Å². The van der Waals surface area contributed by atoms with E-state index in [9.17, 15) is 0 Å². The van der Waals surface area contributed by atoms with Crippen LogP contribution in [0.2, 0.25) is 0 Å². The minimum atomic E-state index is 1.02. The van der Waals surface area contributed by atoms with Crippen molar-refractivity contribution in [1.82, 2.24) is 4.98 Å². The number of aryl methyl sites for hydroxylation is 2. The zero-order valence-corrected chi connectivity index (χ0v) is 9.19. The minimum Gasteiger partial charge on any atom is -0.361 e. The third-order valence-electron chi connectivity index (χ3n) is 2.29. The van der Waals surface area contributed by atoms with Crippen LogP contribution in [0.25, 0.3) is 10.9 Å². The largest absolute Gasteiger partial charge is 0.361 e. The Morgan fingerprint density at radius 2 is 2.23 bits per heavy atom. The topological polar surface area (TPSA) is 15.8 Å². The highest BCUT2D eigenvalue weighted by atomic mass is 79.9. The summed E-state index contributed by atoms with van der Waals surface area (Å²) in [5, 5.41) is 2.38. The molecule has 0 aliphatic heterocycles. The summed E-state index contributed by atoms with van der Waals surface area (Å²) in [6.45, 7) is 2.13. The van der Waals surface area contributed by atoms with Crippen molar-refractivity contribution in [3.05, 3.63) is 35.5 Å². The Labute approximate surface area is 86.3 Å². The summed E-state index contributed by atoms with van der Waals surface area (Å²) < 4.78 is 0. The van der Waals surface area contributed by atoms with Gasteiger partial charge in [-0.05, 0) is 31.0 Å². The first-order valence-corrected chi connectivity index (χ1v) is 5.56. The van der Waals surface area contributed by atoms with Crippen molar-refractivity contribution < 1.29 is 0 Å². The number of benzene rings is 1. The maximum absolute atomic E-state index is 3.46. The lowest BCUT2D eigenvalue weighted by molar-refractivity contribution is 1.18. The molecule has 2 rings (SSSR count). The number of fused-ring (bicyclic) bond motifs is 1. The molecule has 2 heteroatoms. The van der Waals surface area contributed by atoms with Gasteiger partial charge in [-0.15, -0.1) is 0 Å². The molecule has 0 radical (unpaired) electrons. The number of hydrogen-bond acceptors (Lipinski definition) is 0. The van der Waals surface area contributed by atoms with E-state index in [0.717, 1.165) is 11.8 Å². The first kappa shape index (κ1) is 8.82. The van der Waals surface area contributed by atoms with Gasteiger partial charge in [-0.1, -0.05) is 27.6 Å². The Balaban J connectivity index is 2.58. The molecule has 1 N–H and O–H groups in total. The summed E-state index contributed by atoms with van der Waals surface area (Å²) in [4.78, 5) is 3.28. The van der Waals surface area contributed by atoms with Gasteiger partial charge in [0.15, 0.2) is 0 Å². The van der Waals surface area contributed by atoms with Gasteiger partial charge in [0.05, 0.1) is 0 Å². The molecule has 0 spiro atoms. The average Bonchev–Trinajstić information content (AvgIpc) is 2.49. The third-order valence-corrected chi connectivity index (χ3v) is 2.68. The Kier molecular flexibility index (Phi) is 2.40. The van der Waals surface area contributed by atoms with Crippen LogP contribution in [0.5, 0.6) is 0 Å². The van der Waals surface area contributed by atoms with Crippen LogP contribution in [0.1, 0.15) is 11.1 Å². The van der Waals surface area contributed by atoms with E-state index in [1.54, 1.807) is 0 Å². The van der Waals surface area contributed by atoms with Gasteiger partial charge in [-0.2, -0.15) is 0 Å². The number of aromatic nitrogens is 1. The fourth-order valence-electron chi connectivity index (χ4n) is 1.60. The van der Waals surface area contributed by atoms with Crippen LogP contribution in [-0.2, 0) is 6.42 Å². The molecule has 68 valence electrons. The summed E-state index contributed by atoms with van der Waals surface area (Å²) in [5.74, 6) is 0. The van der Waals surface area contributed by atoms with E-state index in [1.165, 1.54) is 22.0 Å². The monoisotopic (exact) mass is 237 g/mol. The average molecular weight is 238 g/mol. The second-order valence-corrected chi connectivity index (χ2v) is 4.09. The third kappa shape index (κ3) is 1.63. The Morgan fingerprint density at radius 1 is 1.38 bits per heavy atom. The molecule has 0 saturated heterocycles. The highest BCUT2D eigenvalue weighted by Crippen LogP contribution is 2.20. The van der Waals surface area contributed by atoms with Crippen molar-refractivity contribution in [1.29, 1.82) is 0 Å². The lowest BCUT2D eigenvalue weighted by atomic mass is 10.1.